The SMILES string of the molecule is O=C(N[C@H](c1ccsc1)C1CC1)c1ccc2[nH]nc(-c3ccc(N4[C@@H]5CC[C@H]4C[C@H](O)C5)cc3)c2c1. The molecule has 0 unspecified atom stereocenters. The Balaban J connectivity index is 1.14. The van der Waals surface area contributed by atoms with Crippen molar-refractivity contribution in [2.45, 2.75) is 62.8 Å². The lowest BCUT2D eigenvalue weighted by atomic mass is 9.98. The second-order valence-electron chi connectivity index (χ2n) is 10.6. The molecule has 2 bridgehead atoms. The molecule has 7 rings (SSSR count). The summed E-state index contributed by atoms with van der Waals surface area (Å²) >= 11 is 1.67. The summed E-state index contributed by atoms with van der Waals surface area (Å²) < 4.78 is 0. The van der Waals surface area contributed by atoms with Gasteiger partial charge < -0.3 is 15.3 Å². The number of aromatic nitrogens is 2. The highest BCUT2D eigenvalue weighted by molar-refractivity contribution is 7.08. The Morgan fingerprint density at radius 3 is 2.53 bits per heavy atom. The Labute approximate surface area is 214 Å². The molecular weight excluding hydrogens is 468 g/mol. The van der Waals surface area contributed by atoms with E-state index in [1.807, 2.05) is 18.2 Å². The van der Waals surface area contributed by atoms with E-state index >= 15 is 0 Å². The molecule has 7 heteroatoms. The van der Waals surface area contributed by atoms with Crippen LogP contribution in [-0.4, -0.2) is 39.4 Å². The Bertz CT molecular complexity index is 1380. The number of rotatable bonds is 6. The van der Waals surface area contributed by atoms with E-state index in [1.54, 1.807) is 11.3 Å². The van der Waals surface area contributed by atoms with Crippen molar-refractivity contribution in [3.8, 4) is 11.3 Å². The van der Waals surface area contributed by atoms with Crippen LogP contribution in [-0.2, 0) is 0 Å². The van der Waals surface area contributed by atoms with Gasteiger partial charge in [-0.25, -0.2) is 0 Å². The molecule has 4 heterocycles. The van der Waals surface area contributed by atoms with E-state index in [0.29, 0.717) is 23.6 Å². The Hall–Kier alpha value is -3.16. The highest BCUT2D eigenvalue weighted by Crippen LogP contribution is 2.42. The Kier molecular flexibility index (Phi) is 5.36. The van der Waals surface area contributed by atoms with Gasteiger partial charge in [-0.1, -0.05) is 12.1 Å². The first-order valence-corrected chi connectivity index (χ1v) is 14.0. The fourth-order valence-electron chi connectivity index (χ4n) is 6.32. The predicted octanol–water partition coefficient (Wildman–Crippen LogP) is 5.66. The van der Waals surface area contributed by atoms with Crippen molar-refractivity contribution >= 4 is 33.8 Å². The summed E-state index contributed by atoms with van der Waals surface area (Å²) in [5.74, 6) is 0.499. The summed E-state index contributed by atoms with van der Waals surface area (Å²) in [6, 6.07) is 17.5. The fourth-order valence-corrected chi connectivity index (χ4v) is 7.01. The van der Waals surface area contributed by atoms with Crippen LogP contribution < -0.4 is 10.2 Å². The molecule has 4 atom stereocenters. The lowest BCUT2D eigenvalue weighted by molar-refractivity contribution is 0.0932. The number of thiophene rings is 1. The second kappa shape index (κ2) is 8.75. The summed E-state index contributed by atoms with van der Waals surface area (Å²) in [4.78, 5) is 15.7. The zero-order chi connectivity index (χ0) is 24.2. The highest BCUT2D eigenvalue weighted by Gasteiger charge is 2.40. The number of amides is 1. The topological polar surface area (TPSA) is 81.2 Å². The third kappa shape index (κ3) is 3.91. The minimum Gasteiger partial charge on any atom is -0.393 e. The number of nitrogens with zero attached hydrogens (tertiary/aromatic N) is 2. The lowest BCUT2D eigenvalue weighted by Crippen LogP contribution is -2.44. The number of carbonyl (C=O) groups is 1. The first-order valence-electron chi connectivity index (χ1n) is 13.0. The minimum atomic E-state index is -0.162. The summed E-state index contributed by atoms with van der Waals surface area (Å²) in [7, 11) is 0. The minimum absolute atomic E-state index is 0.0368. The number of aromatic amines is 1. The van der Waals surface area contributed by atoms with Crippen molar-refractivity contribution in [1.29, 1.82) is 0 Å². The monoisotopic (exact) mass is 498 g/mol. The summed E-state index contributed by atoms with van der Waals surface area (Å²) in [6.07, 6.45) is 6.22. The van der Waals surface area contributed by atoms with Crippen LogP contribution in [0.5, 0.6) is 0 Å². The smallest absolute Gasteiger partial charge is 0.251 e. The van der Waals surface area contributed by atoms with E-state index in [9.17, 15) is 9.90 Å². The van der Waals surface area contributed by atoms with Crippen LogP contribution in [0.15, 0.2) is 59.3 Å². The van der Waals surface area contributed by atoms with Crippen LogP contribution in [0.3, 0.4) is 0 Å². The van der Waals surface area contributed by atoms with Gasteiger partial charge >= 0.3 is 0 Å². The van der Waals surface area contributed by atoms with Gasteiger partial charge in [-0.2, -0.15) is 16.4 Å². The number of piperidine rings is 1. The van der Waals surface area contributed by atoms with Gasteiger partial charge in [0.15, 0.2) is 0 Å². The van der Waals surface area contributed by atoms with Gasteiger partial charge in [0.25, 0.3) is 5.91 Å². The molecule has 3 fully saturated rings. The molecular formula is C29H30N4O2S. The van der Waals surface area contributed by atoms with Gasteiger partial charge in [0, 0.05) is 34.3 Å². The number of carbonyl (C=O) groups excluding carboxylic acids is 1. The molecule has 6 nitrogen and oxygen atoms in total. The standard InChI is InChI=1S/C29H30N4O2S/c34-24-14-22-8-9-23(15-24)33(22)21-6-3-18(4-7-21)28-25-13-19(5-10-26(25)31-32-28)29(35)30-27(17-1-2-17)20-11-12-36-16-20/h3-7,10-13,16-17,22-24,27,34H,1-2,8-9,14-15H2,(H,30,35)(H,31,32)/t22-,23+,24-,27-/m0/s1. The molecule has 3 N–H and O–H groups in total. The maximum atomic E-state index is 13.2. The second-order valence-corrected chi connectivity index (χ2v) is 11.4. The van der Waals surface area contributed by atoms with E-state index in [4.69, 9.17) is 0 Å². The van der Waals surface area contributed by atoms with Crippen molar-refractivity contribution in [1.82, 2.24) is 15.5 Å². The summed E-state index contributed by atoms with van der Waals surface area (Å²) in [5.41, 5.74) is 5.90. The van der Waals surface area contributed by atoms with E-state index in [2.05, 4.69) is 61.5 Å². The maximum Gasteiger partial charge on any atom is 0.251 e. The van der Waals surface area contributed by atoms with Gasteiger partial charge in [-0.05, 0) is 97.2 Å². The number of anilines is 1. The van der Waals surface area contributed by atoms with Gasteiger partial charge in [0.2, 0.25) is 0 Å². The van der Waals surface area contributed by atoms with Crippen molar-refractivity contribution in [3.63, 3.8) is 0 Å². The molecule has 1 aliphatic carbocycles. The number of nitrogens with one attached hydrogen (secondary N) is 2. The Morgan fingerprint density at radius 2 is 1.83 bits per heavy atom. The number of fused-ring (bicyclic) bond motifs is 3. The quantitative estimate of drug-likeness (QED) is 0.320. The van der Waals surface area contributed by atoms with Crippen LogP contribution >= 0.6 is 11.3 Å². The van der Waals surface area contributed by atoms with E-state index in [1.165, 1.54) is 24.1 Å². The molecule has 2 aromatic carbocycles. The predicted molar refractivity (Wildman–Crippen MR) is 143 cm³/mol. The van der Waals surface area contributed by atoms with Gasteiger partial charge in [-0.15, -0.1) is 0 Å². The average molecular weight is 499 g/mol. The molecule has 0 spiro atoms. The molecule has 3 aliphatic rings. The van der Waals surface area contributed by atoms with Crippen LogP contribution in [0.2, 0.25) is 0 Å². The van der Waals surface area contributed by atoms with Crippen LogP contribution in [0.25, 0.3) is 22.2 Å². The number of aliphatic hydroxyl groups is 1. The van der Waals surface area contributed by atoms with Gasteiger partial charge in [0.05, 0.1) is 23.4 Å². The van der Waals surface area contributed by atoms with Crippen molar-refractivity contribution in [2.24, 2.45) is 5.92 Å². The summed E-state index contributed by atoms with van der Waals surface area (Å²) in [5, 5.41) is 26.3. The van der Waals surface area contributed by atoms with Crippen LogP contribution in [0.1, 0.15) is 60.5 Å². The number of aliphatic hydroxyl groups excluding tert-OH is 1. The van der Waals surface area contributed by atoms with E-state index < -0.39 is 0 Å². The molecule has 2 saturated heterocycles. The molecule has 184 valence electrons. The van der Waals surface area contributed by atoms with Crippen LogP contribution in [0.4, 0.5) is 5.69 Å². The molecule has 2 aliphatic heterocycles. The van der Waals surface area contributed by atoms with Crippen molar-refractivity contribution in [2.75, 3.05) is 4.90 Å². The molecule has 36 heavy (non-hydrogen) atoms. The number of H-pyrrole nitrogens is 1. The number of benzene rings is 2. The van der Waals surface area contributed by atoms with Crippen molar-refractivity contribution < 1.29 is 9.90 Å². The third-order valence-electron chi connectivity index (χ3n) is 8.25. The normalized spacial score (nSPS) is 24.2. The highest BCUT2D eigenvalue weighted by atomic mass is 32.1. The number of hydrogen-bond acceptors (Lipinski definition) is 5. The summed E-state index contributed by atoms with van der Waals surface area (Å²) in [6.45, 7) is 0. The van der Waals surface area contributed by atoms with E-state index in [0.717, 1.165) is 47.8 Å². The van der Waals surface area contributed by atoms with E-state index in [-0.39, 0.29) is 18.1 Å². The van der Waals surface area contributed by atoms with Gasteiger partial charge in [-0.3, -0.25) is 9.89 Å². The fraction of sp³-hybridized carbons (Fsp3) is 0.379. The average Bonchev–Trinajstić information content (AvgIpc) is 3.29. The molecule has 2 aromatic heterocycles. The first-order chi connectivity index (χ1) is 17.6. The largest absolute Gasteiger partial charge is 0.393 e. The van der Waals surface area contributed by atoms with Gasteiger partial charge in [0.1, 0.15) is 0 Å². The molecule has 4 aromatic rings. The molecule has 1 saturated carbocycles. The maximum absolute atomic E-state index is 13.2. The third-order valence-corrected chi connectivity index (χ3v) is 8.96. The van der Waals surface area contributed by atoms with Crippen LogP contribution in [0, 0.1) is 5.92 Å². The van der Waals surface area contributed by atoms with Crippen molar-refractivity contribution in [3.05, 3.63) is 70.4 Å². The molecule has 0 radical (unpaired) electrons. The lowest BCUT2D eigenvalue weighted by Gasteiger charge is -2.39. The zero-order valence-corrected chi connectivity index (χ0v) is 20.9. The zero-order valence-electron chi connectivity index (χ0n) is 20.1. The Morgan fingerprint density at radius 1 is 1.06 bits per heavy atom. The first kappa shape index (κ1) is 22.1. The number of hydrogen-bond donors (Lipinski definition) is 3. The molecule has 1 amide bonds.